The van der Waals surface area contributed by atoms with Crippen molar-refractivity contribution in [3.8, 4) is 0 Å². The molecule has 7 amide bonds. The topological polar surface area (TPSA) is 302 Å². The summed E-state index contributed by atoms with van der Waals surface area (Å²) in [6, 6.07) is 0.105. The number of ether oxygens (including phenoxy) is 1. The van der Waals surface area contributed by atoms with Gasteiger partial charge in [-0.05, 0) is 40.6 Å². The van der Waals surface area contributed by atoms with Gasteiger partial charge in [0.1, 0.15) is 35.8 Å². The molecule has 0 saturated carbocycles. The zero-order chi connectivity index (χ0) is 38.6. The number of fused-ring (bicyclic) bond motifs is 1. The van der Waals surface area contributed by atoms with Gasteiger partial charge in [-0.1, -0.05) is 23.9 Å². The molecule has 0 unspecified atom stereocenters. The zero-order valence-corrected chi connectivity index (χ0v) is 29.6. The second-order valence-corrected chi connectivity index (χ2v) is 13.6. The highest BCUT2D eigenvalue weighted by Gasteiger charge is 2.54. The van der Waals surface area contributed by atoms with Crippen molar-refractivity contribution in [1.29, 1.82) is 0 Å². The van der Waals surface area contributed by atoms with E-state index in [0.29, 0.717) is 15.6 Å². The summed E-state index contributed by atoms with van der Waals surface area (Å²) in [4.78, 5) is 104. The lowest BCUT2D eigenvalue weighted by Gasteiger charge is -2.49. The van der Waals surface area contributed by atoms with E-state index in [-0.39, 0.29) is 48.1 Å². The fourth-order valence-corrected chi connectivity index (χ4v) is 7.68. The number of tetrazole rings is 1. The molecule has 3 aliphatic rings. The lowest BCUT2D eigenvalue weighted by molar-refractivity contribution is -0.153. The number of nitrogens with two attached hydrogens (primary N) is 1. The first kappa shape index (κ1) is 38.5. The standard InChI is InChI=1S/C29H33N11O11S2/c1-3-38-8-9-39(23(44)22(38)43)27(49)33-17(13-4-6-15(7-5-13)31-29(50)51-10-16(30)25(45)46)20(41)32-18-21(42)40-19(26(47)48)14(11-52-24(18)40)12-53-28-34-35-36-37(28)2/h4-7,16-18,24H,3,8-12,30H2,1-2H3,(H,31,50)(H,32,41)(H,33,49)(H,45,46)(H,47,48)/t16-,17-,18-,24-/m1/s1. The number of amides is 7. The molecule has 2 saturated heterocycles. The molecule has 0 aliphatic carbocycles. The van der Waals surface area contributed by atoms with Gasteiger partial charge in [0.25, 0.3) is 5.91 Å². The summed E-state index contributed by atoms with van der Waals surface area (Å²) in [6.45, 7) is 1.23. The van der Waals surface area contributed by atoms with E-state index in [0.717, 1.165) is 4.90 Å². The van der Waals surface area contributed by atoms with Crippen LogP contribution in [0.2, 0.25) is 0 Å². The number of aromatic nitrogens is 4. The predicted molar refractivity (Wildman–Crippen MR) is 181 cm³/mol. The number of carboxylic acid groups (broad SMARTS) is 2. The summed E-state index contributed by atoms with van der Waals surface area (Å²) in [5.41, 5.74) is 5.82. The maximum absolute atomic E-state index is 13.9. The third kappa shape index (κ3) is 8.33. The molecule has 4 atom stereocenters. The van der Waals surface area contributed by atoms with Gasteiger partial charge in [-0.15, -0.1) is 16.9 Å². The number of hydrogen-bond acceptors (Lipinski definition) is 15. The minimum absolute atomic E-state index is 0.0694. The fraction of sp³-hybridized carbons (Fsp3) is 0.414. The minimum Gasteiger partial charge on any atom is -0.480 e. The van der Waals surface area contributed by atoms with Gasteiger partial charge in [0.15, 0.2) is 0 Å². The highest BCUT2D eigenvalue weighted by atomic mass is 32.2. The van der Waals surface area contributed by atoms with Crippen LogP contribution in [0.5, 0.6) is 0 Å². The molecule has 282 valence electrons. The first-order valence-electron chi connectivity index (χ1n) is 15.7. The molecule has 53 heavy (non-hydrogen) atoms. The quantitative estimate of drug-likeness (QED) is 0.0739. The predicted octanol–water partition coefficient (Wildman–Crippen LogP) is -1.86. The van der Waals surface area contributed by atoms with E-state index in [4.69, 9.17) is 15.6 Å². The van der Waals surface area contributed by atoms with Gasteiger partial charge in [-0.25, -0.2) is 19.1 Å². The largest absolute Gasteiger partial charge is 0.480 e. The molecule has 0 radical (unpaired) electrons. The van der Waals surface area contributed by atoms with Crippen molar-refractivity contribution in [2.24, 2.45) is 12.8 Å². The van der Waals surface area contributed by atoms with Gasteiger partial charge in [-0.2, -0.15) is 0 Å². The number of carbonyl (C=O) groups excluding carboxylic acids is 6. The molecule has 2 aromatic rings. The van der Waals surface area contributed by atoms with Crippen molar-refractivity contribution in [3.63, 3.8) is 0 Å². The van der Waals surface area contributed by atoms with Crippen LogP contribution in [-0.2, 0) is 40.6 Å². The number of anilines is 1. The van der Waals surface area contributed by atoms with E-state index >= 15 is 0 Å². The Balaban J connectivity index is 1.32. The van der Waals surface area contributed by atoms with Crippen molar-refractivity contribution in [3.05, 3.63) is 41.1 Å². The number of nitrogens with zero attached hydrogens (tertiary/aromatic N) is 7. The van der Waals surface area contributed by atoms with Crippen LogP contribution in [0.4, 0.5) is 15.3 Å². The number of thioether (sulfide) groups is 2. The van der Waals surface area contributed by atoms with Crippen molar-refractivity contribution < 1.29 is 53.3 Å². The smallest absolute Gasteiger partial charge is 0.411 e. The van der Waals surface area contributed by atoms with Crippen LogP contribution < -0.4 is 21.7 Å². The number of aryl methyl sites for hydroxylation is 1. The molecule has 5 rings (SSSR count). The van der Waals surface area contributed by atoms with Crippen LogP contribution in [0.1, 0.15) is 18.5 Å². The summed E-state index contributed by atoms with van der Waals surface area (Å²) in [6.07, 6.45) is -1.02. The molecule has 4 heterocycles. The lowest BCUT2D eigenvalue weighted by Crippen LogP contribution is -2.71. The van der Waals surface area contributed by atoms with E-state index in [9.17, 15) is 43.5 Å². The number of aliphatic carboxylic acids is 2. The first-order valence-corrected chi connectivity index (χ1v) is 17.7. The van der Waals surface area contributed by atoms with Gasteiger partial charge in [0, 0.05) is 43.9 Å². The highest BCUT2D eigenvalue weighted by Crippen LogP contribution is 2.41. The van der Waals surface area contributed by atoms with E-state index in [2.05, 4.69) is 31.5 Å². The van der Waals surface area contributed by atoms with E-state index < -0.39 is 77.8 Å². The molecule has 24 heteroatoms. The average Bonchev–Trinajstić information content (AvgIpc) is 3.55. The number of hydrogen-bond donors (Lipinski definition) is 6. The normalized spacial score (nSPS) is 19.5. The summed E-state index contributed by atoms with van der Waals surface area (Å²) < 4.78 is 6.20. The highest BCUT2D eigenvalue weighted by molar-refractivity contribution is 8.01. The van der Waals surface area contributed by atoms with Gasteiger partial charge in [0.2, 0.25) is 11.1 Å². The maximum atomic E-state index is 13.9. The van der Waals surface area contributed by atoms with Gasteiger partial charge in [-0.3, -0.25) is 39.1 Å². The monoisotopic (exact) mass is 775 g/mol. The number of nitrogens with one attached hydrogen (secondary N) is 3. The van der Waals surface area contributed by atoms with E-state index in [1.54, 1.807) is 14.0 Å². The average molecular weight is 776 g/mol. The number of urea groups is 1. The van der Waals surface area contributed by atoms with Crippen LogP contribution in [0.15, 0.2) is 40.7 Å². The Hall–Kier alpha value is -5.75. The number of piperazine rings is 1. The molecule has 1 aromatic carbocycles. The van der Waals surface area contributed by atoms with Gasteiger partial charge in [0.05, 0.1) is 0 Å². The summed E-state index contributed by atoms with van der Waals surface area (Å²) >= 11 is 2.41. The SMILES string of the molecule is CCN1CCN(C(=O)N[C@@H](C(=O)N[C@@H]2C(=O)N3C(C(=O)O)=C(CSc4nnnn4C)CS[C@H]23)c2ccc(NC(=O)OC[C@@H](N)C(=O)O)cc2)C(=O)C1=O. The number of imide groups is 1. The van der Waals surface area contributed by atoms with Crippen molar-refractivity contribution in [2.75, 3.05) is 43.1 Å². The van der Waals surface area contributed by atoms with Crippen molar-refractivity contribution in [2.45, 2.75) is 35.6 Å². The molecule has 7 N–H and O–H groups in total. The second kappa shape index (κ2) is 16.3. The Labute approximate surface area is 307 Å². The lowest BCUT2D eigenvalue weighted by atomic mass is 10.0. The molecule has 3 aliphatic heterocycles. The number of carbonyl (C=O) groups is 8. The van der Waals surface area contributed by atoms with Crippen molar-refractivity contribution >= 4 is 76.9 Å². The number of likely N-dealkylation sites (N-methyl/N-ethyl adjacent to an activating group) is 1. The first-order chi connectivity index (χ1) is 25.2. The molecular weight excluding hydrogens is 743 g/mol. The molecular formula is C29H33N11O11S2. The Morgan fingerprint density at radius 1 is 1.09 bits per heavy atom. The fourth-order valence-electron chi connectivity index (χ4n) is 5.35. The van der Waals surface area contributed by atoms with Crippen LogP contribution in [0, 0.1) is 0 Å². The Morgan fingerprint density at radius 3 is 2.43 bits per heavy atom. The number of benzene rings is 1. The van der Waals surface area contributed by atoms with E-state index in [1.807, 2.05) is 0 Å². The Morgan fingerprint density at radius 2 is 1.81 bits per heavy atom. The molecule has 2 fully saturated rings. The number of β-lactam (4-membered cyclic amide) rings is 1. The maximum Gasteiger partial charge on any atom is 0.411 e. The molecule has 0 bridgehead atoms. The Bertz CT molecular complexity index is 1870. The minimum atomic E-state index is -1.55. The zero-order valence-electron chi connectivity index (χ0n) is 28.0. The van der Waals surface area contributed by atoms with Gasteiger partial charge >= 0.3 is 35.9 Å². The molecule has 22 nitrogen and oxygen atoms in total. The van der Waals surface area contributed by atoms with E-state index in [1.165, 1.54) is 57.4 Å². The summed E-state index contributed by atoms with van der Waals surface area (Å²) in [5.74, 6) is -5.94. The Kier molecular flexibility index (Phi) is 11.8. The summed E-state index contributed by atoms with van der Waals surface area (Å²) in [5, 5.41) is 37.1. The summed E-state index contributed by atoms with van der Waals surface area (Å²) in [7, 11) is 1.62. The molecule has 1 aromatic heterocycles. The van der Waals surface area contributed by atoms with Crippen LogP contribution in [-0.4, -0.2) is 148 Å². The number of rotatable bonds is 13. The third-order valence-corrected chi connectivity index (χ3v) is 10.6. The van der Waals surface area contributed by atoms with Crippen LogP contribution in [0.25, 0.3) is 0 Å². The third-order valence-electron chi connectivity index (χ3n) is 8.17. The van der Waals surface area contributed by atoms with Crippen LogP contribution in [0.3, 0.4) is 0 Å². The number of carboxylic acids is 2. The second-order valence-electron chi connectivity index (χ2n) is 11.5. The van der Waals surface area contributed by atoms with Crippen LogP contribution >= 0.6 is 23.5 Å². The van der Waals surface area contributed by atoms with Gasteiger partial charge < -0.3 is 36.2 Å². The molecule has 0 spiro atoms. The van der Waals surface area contributed by atoms with Crippen molar-refractivity contribution in [1.82, 2.24) is 45.5 Å².